The molecule has 1 aliphatic carbocycles. The zero-order valence-corrected chi connectivity index (χ0v) is 13.9. The van der Waals surface area contributed by atoms with Crippen LogP contribution in [0, 0.1) is 5.92 Å². The summed E-state index contributed by atoms with van der Waals surface area (Å²) in [6.07, 6.45) is 6.14. The maximum atomic E-state index is 12.2. The summed E-state index contributed by atoms with van der Waals surface area (Å²) < 4.78 is 0. The van der Waals surface area contributed by atoms with E-state index in [2.05, 4.69) is 23.5 Å². The maximum Gasteiger partial charge on any atom is 0.223 e. The lowest BCUT2D eigenvalue weighted by atomic mass is 9.96. The van der Waals surface area contributed by atoms with Crippen LogP contribution in [0.4, 0.5) is 0 Å². The molecular weight excluding hydrogens is 288 g/mol. The molecule has 2 aliphatic rings. The van der Waals surface area contributed by atoms with Crippen LogP contribution < -0.4 is 5.32 Å². The van der Waals surface area contributed by atoms with Crippen molar-refractivity contribution in [2.24, 2.45) is 5.92 Å². The number of amides is 2. The number of hydrogen-bond acceptors (Lipinski definition) is 2. The molecule has 0 aromatic heterocycles. The van der Waals surface area contributed by atoms with Gasteiger partial charge in [0.2, 0.25) is 11.8 Å². The van der Waals surface area contributed by atoms with Crippen LogP contribution in [-0.2, 0) is 28.9 Å². The van der Waals surface area contributed by atoms with Crippen molar-refractivity contribution >= 4 is 11.8 Å². The standard InChI is InChI=1S/C19H26N2O2/c1-14(22)21-11-8-17(9-12-21)19(23)20-10-7-15-5-6-16-3-2-4-18(16)13-15/h5-6,13,17H,2-4,7-12H2,1H3,(H,20,23). The zero-order valence-electron chi connectivity index (χ0n) is 13.9. The van der Waals surface area contributed by atoms with E-state index in [0.29, 0.717) is 19.6 Å². The van der Waals surface area contributed by atoms with Crippen LogP contribution in [0.2, 0.25) is 0 Å². The fraction of sp³-hybridized carbons (Fsp3) is 0.579. The second-order valence-electron chi connectivity index (χ2n) is 6.78. The highest BCUT2D eigenvalue weighted by atomic mass is 16.2. The molecule has 1 aliphatic heterocycles. The summed E-state index contributed by atoms with van der Waals surface area (Å²) >= 11 is 0. The summed E-state index contributed by atoms with van der Waals surface area (Å²) in [5.41, 5.74) is 4.30. The highest BCUT2D eigenvalue weighted by Crippen LogP contribution is 2.23. The molecule has 1 aromatic rings. The minimum Gasteiger partial charge on any atom is -0.356 e. The van der Waals surface area contributed by atoms with Gasteiger partial charge in [-0.2, -0.15) is 0 Å². The Labute approximate surface area is 138 Å². The second-order valence-corrected chi connectivity index (χ2v) is 6.78. The zero-order chi connectivity index (χ0) is 16.2. The fourth-order valence-corrected chi connectivity index (χ4v) is 3.71. The average molecular weight is 314 g/mol. The lowest BCUT2D eigenvalue weighted by Crippen LogP contribution is -2.42. The van der Waals surface area contributed by atoms with E-state index < -0.39 is 0 Å². The average Bonchev–Trinajstić information content (AvgIpc) is 3.02. The van der Waals surface area contributed by atoms with Crippen LogP contribution in [0.5, 0.6) is 0 Å². The predicted molar refractivity (Wildman–Crippen MR) is 90.2 cm³/mol. The summed E-state index contributed by atoms with van der Waals surface area (Å²) in [5.74, 6) is 0.320. The first kappa shape index (κ1) is 16.0. The fourth-order valence-electron chi connectivity index (χ4n) is 3.71. The van der Waals surface area contributed by atoms with Crippen molar-refractivity contribution < 1.29 is 9.59 Å². The molecule has 124 valence electrons. The molecule has 4 heteroatoms. The maximum absolute atomic E-state index is 12.2. The van der Waals surface area contributed by atoms with Gasteiger partial charge in [-0.25, -0.2) is 0 Å². The SMILES string of the molecule is CC(=O)N1CCC(C(=O)NCCc2ccc3c(c2)CCC3)CC1. The van der Waals surface area contributed by atoms with Crippen LogP contribution in [0.3, 0.4) is 0 Å². The van der Waals surface area contributed by atoms with Crippen molar-refractivity contribution in [2.75, 3.05) is 19.6 Å². The second kappa shape index (κ2) is 7.16. The molecule has 4 nitrogen and oxygen atoms in total. The minimum absolute atomic E-state index is 0.0608. The first-order valence-corrected chi connectivity index (χ1v) is 8.77. The van der Waals surface area contributed by atoms with Gasteiger partial charge in [-0.15, -0.1) is 0 Å². The Morgan fingerprint density at radius 1 is 1.17 bits per heavy atom. The number of fused-ring (bicyclic) bond motifs is 1. The first-order valence-electron chi connectivity index (χ1n) is 8.77. The van der Waals surface area contributed by atoms with E-state index in [1.807, 2.05) is 4.90 Å². The largest absolute Gasteiger partial charge is 0.356 e. The Hall–Kier alpha value is -1.84. The van der Waals surface area contributed by atoms with Gasteiger partial charge in [-0.1, -0.05) is 18.2 Å². The molecule has 0 unspecified atom stereocenters. The number of nitrogens with one attached hydrogen (secondary N) is 1. The van der Waals surface area contributed by atoms with Gasteiger partial charge in [-0.3, -0.25) is 9.59 Å². The smallest absolute Gasteiger partial charge is 0.223 e. The molecular formula is C19H26N2O2. The lowest BCUT2D eigenvalue weighted by Gasteiger charge is -2.30. The highest BCUT2D eigenvalue weighted by molar-refractivity contribution is 5.79. The summed E-state index contributed by atoms with van der Waals surface area (Å²) in [6, 6.07) is 6.75. The van der Waals surface area contributed by atoms with E-state index in [0.717, 1.165) is 19.3 Å². The number of piperidine rings is 1. The van der Waals surface area contributed by atoms with E-state index in [-0.39, 0.29) is 17.7 Å². The van der Waals surface area contributed by atoms with E-state index in [9.17, 15) is 9.59 Å². The molecule has 0 atom stereocenters. The summed E-state index contributed by atoms with van der Waals surface area (Å²) in [5, 5.41) is 3.07. The van der Waals surface area contributed by atoms with Gasteiger partial charge >= 0.3 is 0 Å². The van der Waals surface area contributed by atoms with E-state index in [4.69, 9.17) is 0 Å². The molecule has 0 saturated carbocycles. The van der Waals surface area contributed by atoms with Gasteiger partial charge in [0.05, 0.1) is 0 Å². The molecule has 0 bridgehead atoms. The van der Waals surface area contributed by atoms with Gasteiger partial charge in [-0.05, 0) is 55.2 Å². The van der Waals surface area contributed by atoms with Crippen molar-refractivity contribution in [1.29, 1.82) is 0 Å². The predicted octanol–water partition coefficient (Wildman–Crippen LogP) is 2.09. The Balaban J connectivity index is 1.42. The molecule has 1 aromatic carbocycles. The number of aryl methyl sites for hydroxylation is 2. The van der Waals surface area contributed by atoms with E-state index in [1.54, 1.807) is 6.92 Å². The van der Waals surface area contributed by atoms with E-state index in [1.165, 1.54) is 36.0 Å². The Morgan fingerprint density at radius 3 is 2.65 bits per heavy atom. The van der Waals surface area contributed by atoms with Gasteiger partial charge in [0, 0.05) is 32.5 Å². The molecule has 0 spiro atoms. The third kappa shape index (κ3) is 3.92. The quantitative estimate of drug-likeness (QED) is 0.925. The Morgan fingerprint density at radius 2 is 1.91 bits per heavy atom. The van der Waals surface area contributed by atoms with Crippen molar-refractivity contribution in [1.82, 2.24) is 10.2 Å². The monoisotopic (exact) mass is 314 g/mol. The molecule has 1 saturated heterocycles. The summed E-state index contributed by atoms with van der Waals surface area (Å²) in [4.78, 5) is 25.4. The van der Waals surface area contributed by atoms with Crippen molar-refractivity contribution in [3.05, 3.63) is 34.9 Å². The van der Waals surface area contributed by atoms with Gasteiger partial charge in [0.1, 0.15) is 0 Å². The molecule has 0 radical (unpaired) electrons. The van der Waals surface area contributed by atoms with Gasteiger partial charge < -0.3 is 10.2 Å². The van der Waals surface area contributed by atoms with Crippen LogP contribution in [0.25, 0.3) is 0 Å². The molecule has 1 heterocycles. The minimum atomic E-state index is 0.0608. The van der Waals surface area contributed by atoms with Crippen LogP contribution >= 0.6 is 0 Å². The van der Waals surface area contributed by atoms with Crippen molar-refractivity contribution in [3.63, 3.8) is 0 Å². The molecule has 1 fully saturated rings. The number of hydrogen-bond donors (Lipinski definition) is 1. The molecule has 2 amide bonds. The summed E-state index contributed by atoms with van der Waals surface area (Å²) in [6.45, 7) is 3.71. The molecule has 3 rings (SSSR count). The van der Waals surface area contributed by atoms with Crippen molar-refractivity contribution in [2.45, 2.75) is 45.4 Å². The number of benzene rings is 1. The Kier molecular flexibility index (Phi) is 4.99. The number of carbonyl (C=O) groups is 2. The highest BCUT2D eigenvalue weighted by Gasteiger charge is 2.25. The van der Waals surface area contributed by atoms with Crippen LogP contribution in [0.15, 0.2) is 18.2 Å². The van der Waals surface area contributed by atoms with Crippen LogP contribution in [-0.4, -0.2) is 36.3 Å². The lowest BCUT2D eigenvalue weighted by molar-refractivity contribution is -0.133. The normalized spacial score (nSPS) is 17.9. The third-order valence-electron chi connectivity index (χ3n) is 5.19. The Bertz CT molecular complexity index is 589. The van der Waals surface area contributed by atoms with Crippen LogP contribution in [0.1, 0.15) is 42.9 Å². The number of likely N-dealkylation sites (tertiary alicyclic amines) is 1. The van der Waals surface area contributed by atoms with Gasteiger partial charge in [0.25, 0.3) is 0 Å². The third-order valence-corrected chi connectivity index (χ3v) is 5.19. The number of nitrogens with zero attached hydrogens (tertiary/aromatic N) is 1. The van der Waals surface area contributed by atoms with E-state index >= 15 is 0 Å². The molecule has 1 N–H and O–H groups in total. The number of rotatable bonds is 4. The summed E-state index contributed by atoms with van der Waals surface area (Å²) in [7, 11) is 0. The van der Waals surface area contributed by atoms with Crippen molar-refractivity contribution in [3.8, 4) is 0 Å². The topological polar surface area (TPSA) is 49.4 Å². The molecule has 23 heavy (non-hydrogen) atoms. The van der Waals surface area contributed by atoms with Gasteiger partial charge in [0.15, 0.2) is 0 Å². The first-order chi connectivity index (χ1) is 11.1. The number of carbonyl (C=O) groups excluding carboxylic acids is 2.